The molecule has 0 aliphatic carbocycles. The number of rotatable bonds is 5. The van der Waals surface area contributed by atoms with Crippen molar-refractivity contribution in [3.63, 3.8) is 0 Å². The molecule has 0 saturated carbocycles. The van der Waals surface area contributed by atoms with E-state index < -0.39 is 0 Å². The fourth-order valence-electron chi connectivity index (χ4n) is 1.11. The van der Waals surface area contributed by atoms with Crippen LogP contribution in [-0.2, 0) is 0 Å². The Morgan fingerprint density at radius 3 is 2.77 bits per heavy atom. The van der Waals surface area contributed by atoms with Gasteiger partial charge >= 0.3 is 0 Å². The summed E-state index contributed by atoms with van der Waals surface area (Å²) in [5.41, 5.74) is 5.43. The smallest absolute Gasteiger partial charge is 0.0917 e. The molecule has 0 atom stereocenters. The maximum atomic E-state index is 5.43. The number of hydrogen-bond donors (Lipinski definition) is 1. The van der Waals surface area contributed by atoms with Crippen molar-refractivity contribution in [3.05, 3.63) is 15.9 Å². The zero-order valence-electron chi connectivity index (χ0n) is 7.79. The number of unbranched alkanes of at least 4 members (excludes halogenated alkanes) is 1. The monoisotopic (exact) mass is 262 g/mol. The molecule has 0 aromatic carbocycles. The van der Waals surface area contributed by atoms with Crippen molar-refractivity contribution in [2.24, 2.45) is 5.73 Å². The summed E-state index contributed by atoms with van der Waals surface area (Å²) < 4.78 is 1.19. The van der Waals surface area contributed by atoms with Crippen LogP contribution < -0.4 is 10.6 Å². The lowest BCUT2D eigenvalue weighted by molar-refractivity contribution is 0.731. The lowest BCUT2D eigenvalue weighted by Gasteiger charge is -2.16. The first-order chi connectivity index (χ1) is 6.24. The average molecular weight is 263 g/mol. The molecule has 1 aromatic rings. The lowest BCUT2D eigenvalue weighted by Crippen LogP contribution is -2.18. The molecule has 0 bridgehead atoms. The molecule has 74 valence electrons. The van der Waals surface area contributed by atoms with Gasteiger partial charge in [0, 0.05) is 13.6 Å². The van der Waals surface area contributed by atoms with Crippen LogP contribution in [0.1, 0.15) is 12.8 Å². The summed E-state index contributed by atoms with van der Waals surface area (Å²) >= 11 is 5.22. The molecular formula is C9H15BrN2S. The van der Waals surface area contributed by atoms with E-state index in [1.165, 1.54) is 15.2 Å². The summed E-state index contributed by atoms with van der Waals surface area (Å²) in [7, 11) is 2.12. The van der Waals surface area contributed by atoms with E-state index in [1.54, 1.807) is 11.3 Å². The number of thiophene rings is 1. The fraction of sp³-hybridized carbons (Fsp3) is 0.556. The predicted molar refractivity (Wildman–Crippen MR) is 63.6 cm³/mol. The highest BCUT2D eigenvalue weighted by Crippen LogP contribution is 2.29. The van der Waals surface area contributed by atoms with Gasteiger partial charge < -0.3 is 10.6 Å². The number of nitrogens with two attached hydrogens (primary N) is 1. The van der Waals surface area contributed by atoms with Gasteiger partial charge in [-0.2, -0.15) is 0 Å². The zero-order valence-corrected chi connectivity index (χ0v) is 10.2. The third-order valence-electron chi connectivity index (χ3n) is 1.88. The van der Waals surface area contributed by atoms with Crippen molar-refractivity contribution in [3.8, 4) is 0 Å². The quantitative estimate of drug-likeness (QED) is 0.827. The van der Waals surface area contributed by atoms with E-state index in [1.807, 2.05) is 0 Å². The molecular weight excluding hydrogens is 248 g/mol. The number of nitrogens with zero attached hydrogens (tertiary/aromatic N) is 1. The predicted octanol–water partition coefficient (Wildman–Crippen LogP) is 2.69. The molecule has 0 unspecified atom stereocenters. The van der Waals surface area contributed by atoms with Crippen LogP contribution in [0.5, 0.6) is 0 Å². The van der Waals surface area contributed by atoms with Crippen LogP contribution >= 0.6 is 27.3 Å². The molecule has 0 radical (unpaired) electrons. The third kappa shape index (κ3) is 3.67. The molecule has 2 N–H and O–H groups in total. The average Bonchev–Trinajstić information content (AvgIpc) is 2.52. The van der Waals surface area contributed by atoms with Gasteiger partial charge in [-0.15, -0.1) is 11.3 Å². The van der Waals surface area contributed by atoms with E-state index in [4.69, 9.17) is 5.73 Å². The highest BCUT2D eigenvalue weighted by molar-refractivity contribution is 9.11. The summed E-state index contributed by atoms with van der Waals surface area (Å²) in [5.74, 6) is 0. The van der Waals surface area contributed by atoms with Crippen molar-refractivity contribution >= 4 is 32.3 Å². The Kier molecular flexibility index (Phi) is 4.77. The maximum absolute atomic E-state index is 5.43. The summed E-state index contributed by atoms with van der Waals surface area (Å²) in [6.45, 7) is 1.88. The third-order valence-corrected chi connectivity index (χ3v) is 3.62. The van der Waals surface area contributed by atoms with Crippen LogP contribution in [0, 0.1) is 0 Å². The molecule has 1 rings (SSSR count). The first-order valence-corrected chi connectivity index (χ1v) is 6.01. The van der Waals surface area contributed by atoms with Gasteiger partial charge in [-0.3, -0.25) is 0 Å². The molecule has 0 aliphatic rings. The Labute approximate surface area is 91.9 Å². The Balaban J connectivity index is 2.35. The first-order valence-electron chi connectivity index (χ1n) is 4.40. The van der Waals surface area contributed by atoms with Crippen molar-refractivity contribution in [1.29, 1.82) is 0 Å². The van der Waals surface area contributed by atoms with E-state index in [-0.39, 0.29) is 0 Å². The topological polar surface area (TPSA) is 29.3 Å². The molecule has 0 fully saturated rings. The molecule has 0 saturated heterocycles. The van der Waals surface area contributed by atoms with Crippen LogP contribution in [0.3, 0.4) is 0 Å². The van der Waals surface area contributed by atoms with Gasteiger partial charge in [0.2, 0.25) is 0 Å². The van der Waals surface area contributed by atoms with E-state index in [0.717, 1.165) is 19.5 Å². The molecule has 1 aromatic heterocycles. The van der Waals surface area contributed by atoms with Gasteiger partial charge in [-0.05, 0) is 47.4 Å². The number of hydrogen-bond acceptors (Lipinski definition) is 3. The second-order valence-electron chi connectivity index (χ2n) is 3.00. The first kappa shape index (κ1) is 11.0. The normalized spacial score (nSPS) is 10.4. The van der Waals surface area contributed by atoms with Crippen molar-refractivity contribution in [1.82, 2.24) is 0 Å². The minimum absolute atomic E-state index is 0.794. The van der Waals surface area contributed by atoms with Crippen LogP contribution in [0.15, 0.2) is 15.9 Å². The number of halogens is 1. The van der Waals surface area contributed by atoms with E-state index >= 15 is 0 Å². The van der Waals surface area contributed by atoms with Gasteiger partial charge in [0.15, 0.2) is 0 Å². The van der Waals surface area contributed by atoms with Crippen molar-refractivity contribution in [2.75, 3.05) is 25.0 Å². The van der Waals surface area contributed by atoms with Crippen LogP contribution in [0.2, 0.25) is 0 Å². The largest absolute Gasteiger partial charge is 0.366 e. The minimum Gasteiger partial charge on any atom is -0.366 e. The standard InChI is InChI=1S/C9H15BrN2S/c1-12(7-3-2-6-11)9-5-4-8(10)13-9/h4-5H,2-3,6-7,11H2,1H3. The fourth-order valence-corrected chi connectivity index (χ4v) is 2.46. The van der Waals surface area contributed by atoms with E-state index in [2.05, 4.69) is 40.0 Å². The Morgan fingerprint density at radius 2 is 2.23 bits per heavy atom. The van der Waals surface area contributed by atoms with Gasteiger partial charge in [0.05, 0.1) is 8.79 Å². The van der Waals surface area contributed by atoms with Crippen LogP contribution in [0.25, 0.3) is 0 Å². The summed E-state index contributed by atoms with van der Waals surface area (Å²) in [6.07, 6.45) is 2.28. The van der Waals surface area contributed by atoms with Crippen molar-refractivity contribution in [2.45, 2.75) is 12.8 Å². The zero-order chi connectivity index (χ0) is 9.68. The lowest BCUT2D eigenvalue weighted by atomic mass is 10.3. The summed E-state index contributed by atoms with van der Waals surface area (Å²) in [5, 5.41) is 1.31. The van der Waals surface area contributed by atoms with Crippen LogP contribution in [-0.4, -0.2) is 20.1 Å². The summed E-state index contributed by atoms with van der Waals surface area (Å²) in [6, 6.07) is 4.22. The number of anilines is 1. The minimum atomic E-state index is 0.794. The van der Waals surface area contributed by atoms with E-state index in [9.17, 15) is 0 Å². The van der Waals surface area contributed by atoms with E-state index in [0.29, 0.717) is 0 Å². The van der Waals surface area contributed by atoms with Gasteiger partial charge in [-0.1, -0.05) is 0 Å². The van der Waals surface area contributed by atoms with Gasteiger partial charge in [0.1, 0.15) is 0 Å². The Morgan fingerprint density at radius 1 is 1.46 bits per heavy atom. The second kappa shape index (κ2) is 5.62. The van der Waals surface area contributed by atoms with Crippen molar-refractivity contribution < 1.29 is 0 Å². The molecule has 0 spiro atoms. The molecule has 0 amide bonds. The second-order valence-corrected chi connectivity index (χ2v) is 5.44. The maximum Gasteiger partial charge on any atom is 0.0917 e. The Hall–Kier alpha value is -0.0600. The molecule has 2 nitrogen and oxygen atoms in total. The molecule has 13 heavy (non-hydrogen) atoms. The molecule has 0 aliphatic heterocycles. The van der Waals surface area contributed by atoms with Gasteiger partial charge in [-0.25, -0.2) is 0 Å². The molecule has 1 heterocycles. The molecule has 4 heteroatoms. The highest BCUT2D eigenvalue weighted by Gasteiger charge is 2.02. The van der Waals surface area contributed by atoms with Crippen LogP contribution in [0.4, 0.5) is 5.00 Å². The SMILES string of the molecule is CN(CCCCN)c1ccc(Br)s1. The summed E-state index contributed by atoms with van der Waals surface area (Å²) in [4.78, 5) is 2.27. The van der Waals surface area contributed by atoms with Gasteiger partial charge in [0.25, 0.3) is 0 Å². The Bertz CT molecular complexity index is 250. The highest BCUT2D eigenvalue weighted by atomic mass is 79.9.